The highest BCUT2D eigenvalue weighted by molar-refractivity contribution is 6.30. The summed E-state index contributed by atoms with van der Waals surface area (Å²) in [6.07, 6.45) is 0.707. The van der Waals surface area contributed by atoms with Crippen LogP contribution in [0.4, 0.5) is 11.5 Å². The van der Waals surface area contributed by atoms with Crippen LogP contribution in [0.5, 0.6) is 0 Å². The molecular weight excluding hydrogens is 280 g/mol. The first kappa shape index (κ1) is 14.2. The normalized spacial score (nSPS) is 10.5. The first-order valence-corrected chi connectivity index (χ1v) is 6.44. The average molecular weight is 295 g/mol. The molecule has 1 aromatic carbocycles. The van der Waals surface area contributed by atoms with Gasteiger partial charge in [0.2, 0.25) is 0 Å². The molecule has 0 amide bonds. The number of benzene rings is 1. The first-order valence-electron chi connectivity index (χ1n) is 6.06. The summed E-state index contributed by atoms with van der Waals surface area (Å²) in [4.78, 5) is 25.2. The van der Waals surface area contributed by atoms with Gasteiger partial charge >= 0.3 is 5.69 Å². The van der Waals surface area contributed by atoms with Crippen LogP contribution < -0.4 is 22.3 Å². The number of aromatic amines is 1. The fraction of sp³-hybridized carbons (Fsp3) is 0.231. The van der Waals surface area contributed by atoms with Crippen molar-refractivity contribution in [3.63, 3.8) is 0 Å². The molecule has 7 heteroatoms. The fourth-order valence-corrected chi connectivity index (χ4v) is 1.92. The molecule has 1 heterocycles. The molecular formula is C13H15ClN4O2. The van der Waals surface area contributed by atoms with Gasteiger partial charge in [-0.25, -0.2) is 4.79 Å². The molecule has 0 radical (unpaired) electrons. The zero-order valence-corrected chi connectivity index (χ0v) is 11.7. The molecule has 0 aliphatic carbocycles. The number of halogens is 1. The van der Waals surface area contributed by atoms with E-state index in [0.717, 1.165) is 5.56 Å². The van der Waals surface area contributed by atoms with E-state index in [0.29, 0.717) is 18.0 Å². The Morgan fingerprint density at radius 1 is 1.30 bits per heavy atom. The molecule has 106 valence electrons. The number of hydrogen-bond donors (Lipinski definition) is 3. The van der Waals surface area contributed by atoms with Crippen molar-refractivity contribution in [3.05, 3.63) is 55.7 Å². The smallest absolute Gasteiger partial charge is 0.329 e. The Bertz CT molecular complexity index is 719. The highest BCUT2D eigenvalue weighted by Gasteiger charge is 2.08. The van der Waals surface area contributed by atoms with Crippen molar-refractivity contribution in [1.82, 2.24) is 9.55 Å². The highest BCUT2D eigenvalue weighted by atomic mass is 35.5. The van der Waals surface area contributed by atoms with Gasteiger partial charge in [-0.15, -0.1) is 0 Å². The van der Waals surface area contributed by atoms with E-state index in [1.165, 1.54) is 11.6 Å². The van der Waals surface area contributed by atoms with Crippen LogP contribution in [0.3, 0.4) is 0 Å². The summed E-state index contributed by atoms with van der Waals surface area (Å²) in [5.74, 6) is 0.120. The third kappa shape index (κ3) is 3.03. The number of nitrogens with zero attached hydrogens (tertiary/aromatic N) is 1. The molecule has 0 bridgehead atoms. The molecule has 20 heavy (non-hydrogen) atoms. The van der Waals surface area contributed by atoms with Gasteiger partial charge in [0.1, 0.15) is 11.5 Å². The Hall–Kier alpha value is -2.21. The Labute approximate surface area is 120 Å². The SMILES string of the molecule is Cn1c(N)c(NCCc2ccc(Cl)cc2)c(=O)[nH]c1=O. The Morgan fingerprint density at radius 3 is 2.60 bits per heavy atom. The van der Waals surface area contributed by atoms with Crippen LogP contribution in [0.1, 0.15) is 5.56 Å². The second-order valence-electron chi connectivity index (χ2n) is 4.38. The predicted molar refractivity (Wildman–Crippen MR) is 80.4 cm³/mol. The maximum atomic E-state index is 11.7. The lowest BCUT2D eigenvalue weighted by Gasteiger charge is -2.10. The lowest BCUT2D eigenvalue weighted by molar-refractivity contribution is 0.812. The molecule has 6 nitrogen and oxygen atoms in total. The largest absolute Gasteiger partial charge is 0.383 e. The molecule has 2 rings (SSSR count). The zero-order valence-electron chi connectivity index (χ0n) is 10.9. The molecule has 4 N–H and O–H groups in total. The van der Waals surface area contributed by atoms with Crippen LogP contribution >= 0.6 is 11.6 Å². The summed E-state index contributed by atoms with van der Waals surface area (Å²) < 4.78 is 1.19. The maximum absolute atomic E-state index is 11.7. The molecule has 0 saturated heterocycles. The summed E-state index contributed by atoms with van der Waals surface area (Å²) in [5.41, 5.74) is 6.00. The fourth-order valence-electron chi connectivity index (χ4n) is 1.79. The van der Waals surface area contributed by atoms with Gasteiger partial charge in [0.25, 0.3) is 5.56 Å². The maximum Gasteiger partial charge on any atom is 0.329 e. The molecule has 2 aromatic rings. The first-order chi connectivity index (χ1) is 9.49. The number of nitrogens with two attached hydrogens (primary N) is 1. The van der Waals surface area contributed by atoms with Crippen LogP contribution in [-0.4, -0.2) is 16.1 Å². The molecule has 0 unspecified atom stereocenters. The number of anilines is 2. The van der Waals surface area contributed by atoms with Gasteiger partial charge in [-0.3, -0.25) is 14.3 Å². The second-order valence-corrected chi connectivity index (χ2v) is 4.82. The minimum atomic E-state index is -0.532. The molecule has 0 aliphatic heterocycles. The Balaban J connectivity index is 2.08. The van der Waals surface area contributed by atoms with E-state index in [9.17, 15) is 9.59 Å². The minimum Gasteiger partial charge on any atom is -0.383 e. The number of nitrogens with one attached hydrogen (secondary N) is 2. The number of H-pyrrole nitrogens is 1. The zero-order chi connectivity index (χ0) is 14.7. The van der Waals surface area contributed by atoms with Crippen LogP contribution in [0, 0.1) is 0 Å². The number of hydrogen-bond acceptors (Lipinski definition) is 4. The minimum absolute atomic E-state index is 0.120. The van der Waals surface area contributed by atoms with E-state index in [1.54, 1.807) is 0 Å². The van der Waals surface area contributed by atoms with Crippen molar-refractivity contribution in [1.29, 1.82) is 0 Å². The molecule has 1 aromatic heterocycles. The van der Waals surface area contributed by atoms with E-state index >= 15 is 0 Å². The van der Waals surface area contributed by atoms with Gasteiger partial charge in [-0.05, 0) is 24.1 Å². The Kier molecular flexibility index (Phi) is 4.14. The van der Waals surface area contributed by atoms with Gasteiger partial charge in [-0.2, -0.15) is 0 Å². The molecule has 0 saturated carbocycles. The third-order valence-corrected chi connectivity index (χ3v) is 3.25. The van der Waals surface area contributed by atoms with Crippen LogP contribution in [0.15, 0.2) is 33.9 Å². The van der Waals surface area contributed by atoms with Gasteiger partial charge in [0, 0.05) is 18.6 Å². The van der Waals surface area contributed by atoms with Gasteiger partial charge in [0.05, 0.1) is 0 Å². The van der Waals surface area contributed by atoms with Gasteiger partial charge < -0.3 is 11.1 Å². The summed E-state index contributed by atoms with van der Waals surface area (Å²) in [6, 6.07) is 7.45. The molecule has 0 atom stereocenters. The standard InChI is InChI=1S/C13H15ClN4O2/c1-18-11(15)10(12(19)17-13(18)20)16-7-6-8-2-4-9(14)5-3-8/h2-5,16H,6-7,15H2,1H3,(H,17,19,20). The quantitative estimate of drug-likeness (QED) is 0.783. The van der Waals surface area contributed by atoms with E-state index in [4.69, 9.17) is 17.3 Å². The van der Waals surface area contributed by atoms with Crippen molar-refractivity contribution in [3.8, 4) is 0 Å². The van der Waals surface area contributed by atoms with E-state index in [-0.39, 0.29) is 11.5 Å². The molecule has 0 aliphatic rings. The van der Waals surface area contributed by atoms with Crippen LogP contribution in [0.25, 0.3) is 0 Å². The lowest BCUT2D eigenvalue weighted by atomic mass is 10.1. The van der Waals surface area contributed by atoms with E-state index in [2.05, 4.69) is 10.3 Å². The Morgan fingerprint density at radius 2 is 1.95 bits per heavy atom. The molecule has 0 spiro atoms. The van der Waals surface area contributed by atoms with Crippen molar-refractivity contribution < 1.29 is 0 Å². The summed E-state index contributed by atoms with van der Waals surface area (Å²) in [7, 11) is 1.50. The summed E-state index contributed by atoms with van der Waals surface area (Å²) in [5, 5.41) is 3.63. The van der Waals surface area contributed by atoms with Gasteiger partial charge in [0.15, 0.2) is 0 Å². The van der Waals surface area contributed by atoms with Crippen molar-refractivity contribution in [2.75, 3.05) is 17.6 Å². The summed E-state index contributed by atoms with van der Waals surface area (Å²) in [6.45, 7) is 0.521. The predicted octanol–water partition coefficient (Wildman–Crippen LogP) is 0.964. The second kappa shape index (κ2) is 5.83. The van der Waals surface area contributed by atoms with Crippen molar-refractivity contribution >= 4 is 23.1 Å². The van der Waals surface area contributed by atoms with Crippen LogP contribution in [0.2, 0.25) is 5.02 Å². The number of aromatic nitrogens is 2. The third-order valence-electron chi connectivity index (χ3n) is 3.00. The van der Waals surface area contributed by atoms with Crippen LogP contribution in [-0.2, 0) is 13.5 Å². The molecule has 0 fully saturated rings. The van der Waals surface area contributed by atoms with E-state index < -0.39 is 11.2 Å². The van der Waals surface area contributed by atoms with Gasteiger partial charge in [-0.1, -0.05) is 23.7 Å². The van der Waals surface area contributed by atoms with E-state index in [1.807, 2.05) is 24.3 Å². The summed E-state index contributed by atoms with van der Waals surface area (Å²) >= 11 is 5.81. The topological polar surface area (TPSA) is 92.9 Å². The highest BCUT2D eigenvalue weighted by Crippen LogP contribution is 2.11. The average Bonchev–Trinajstić information content (AvgIpc) is 2.42. The number of rotatable bonds is 4. The lowest BCUT2D eigenvalue weighted by Crippen LogP contribution is -2.32. The number of nitrogen functional groups attached to an aromatic ring is 1. The monoisotopic (exact) mass is 294 g/mol. The van der Waals surface area contributed by atoms with Crippen molar-refractivity contribution in [2.45, 2.75) is 6.42 Å². The van der Waals surface area contributed by atoms with Crippen molar-refractivity contribution in [2.24, 2.45) is 7.05 Å².